The number of aliphatic carboxylic acids is 3. The first-order valence-electron chi connectivity index (χ1n) is 6.07. The van der Waals surface area contributed by atoms with Crippen molar-refractivity contribution >= 4 is 29.8 Å². The lowest BCUT2D eigenvalue weighted by molar-refractivity contribution is -0.134. The summed E-state index contributed by atoms with van der Waals surface area (Å²) >= 11 is 0. The van der Waals surface area contributed by atoms with Crippen molar-refractivity contribution in [3.8, 4) is 0 Å². The molecule has 0 saturated carbocycles. The van der Waals surface area contributed by atoms with Crippen LogP contribution in [0.15, 0.2) is 49.1 Å². The molecule has 0 fully saturated rings. The quantitative estimate of drug-likeness (QED) is 0.478. The summed E-state index contributed by atoms with van der Waals surface area (Å²) in [4.78, 5) is 49.3. The minimum absolute atomic E-state index is 0.190. The molecular weight excluding hydrogens is 340 g/mol. The maximum Gasteiger partial charge on any atom is 0.336 e. The fourth-order valence-corrected chi connectivity index (χ4v) is 0.999. The molecule has 134 valence electrons. The van der Waals surface area contributed by atoms with Crippen LogP contribution in [0.2, 0.25) is 0 Å². The van der Waals surface area contributed by atoms with Crippen molar-refractivity contribution in [2.45, 2.75) is 0 Å². The van der Waals surface area contributed by atoms with Gasteiger partial charge in [0.2, 0.25) is 0 Å². The first-order chi connectivity index (χ1) is 11.5. The molecule has 0 saturated heterocycles. The summed E-state index contributed by atoms with van der Waals surface area (Å²) in [6, 6.07) is 5.48. The van der Waals surface area contributed by atoms with Gasteiger partial charge in [0.1, 0.15) is 0 Å². The molecule has 1 rings (SSSR count). The minimum atomic E-state index is -1.26. The van der Waals surface area contributed by atoms with E-state index in [1.54, 1.807) is 0 Å². The molecule has 0 amide bonds. The van der Waals surface area contributed by atoms with Crippen molar-refractivity contribution < 1.29 is 49.5 Å². The van der Waals surface area contributed by atoms with Crippen molar-refractivity contribution in [3.05, 3.63) is 60.2 Å². The molecule has 25 heavy (non-hydrogen) atoms. The molecule has 5 N–H and O–H groups in total. The Labute approximate surface area is 140 Å². The maximum absolute atomic E-state index is 10.5. The van der Waals surface area contributed by atoms with Crippen LogP contribution in [0.1, 0.15) is 20.7 Å². The largest absolute Gasteiger partial charge is 0.478 e. The summed E-state index contributed by atoms with van der Waals surface area (Å²) in [7, 11) is 0. The van der Waals surface area contributed by atoms with Crippen LogP contribution < -0.4 is 0 Å². The summed E-state index contributed by atoms with van der Waals surface area (Å²) in [6.07, 6.45) is 1.95. The zero-order valence-corrected chi connectivity index (χ0v) is 12.5. The molecule has 0 aromatic heterocycles. The zero-order valence-electron chi connectivity index (χ0n) is 12.5. The van der Waals surface area contributed by atoms with Gasteiger partial charge in [0.05, 0.1) is 11.1 Å². The van der Waals surface area contributed by atoms with E-state index in [-0.39, 0.29) is 11.1 Å². The molecule has 0 aliphatic rings. The van der Waals surface area contributed by atoms with E-state index in [2.05, 4.69) is 6.58 Å². The van der Waals surface area contributed by atoms with Crippen LogP contribution in [0.4, 0.5) is 0 Å². The fraction of sp³-hybridized carbons (Fsp3) is 0. The van der Waals surface area contributed by atoms with Crippen molar-refractivity contribution in [1.29, 1.82) is 0 Å². The van der Waals surface area contributed by atoms with Gasteiger partial charge in [-0.25, -0.2) is 24.0 Å². The average Bonchev–Trinajstić information content (AvgIpc) is 2.54. The predicted molar refractivity (Wildman–Crippen MR) is 82.6 cm³/mol. The molecule has 0 radical (unpaired) electrons. The number of hydrogen-bond donors (Lipinski definition) is 5. The summed E-state index contributed by atoms with van der Waals surface area (Å²) in [6.45, 7) is 2.96. The molecule has 1 aromatic carbocycles. The van der Waals surface area contributed by atoms with Crippen molar-refractivity contribution in [1.82, 2.24) is 0 Å². The summed E-state index contributed by atoms with van der Waals surface area (Å²) in [5, 5.41) is 40.3. The smallest absolute Gasteiger partial charge is 0.336 e. The van der Waals surface area contributed by atoms with Gasteiger partial charge in [-0.2, -0.15) is 0 Å². The Bertz CT molecular complexity index is 638. The summed E-state index contributed by atoms with van der Waals surface area (Å²) in [5.74, 6) is -5.95. The van der Waals surface area contributed by atoms with Crippen LogP contribution in [-0.4, -0.2) is 55.4 Å². The van der Waals surface area contributed by atoms with Crippen molar-refractivity contribution in [2.75, 3.05) is 0 Å². The van der Waals surface area contributed by atoms with Gasteiger partial charge < -0.3 is 25.5 Å². The van der Waals surface area contributed by atoms with Crippen molar-refractivity contribution in [2.24, 2.45) is 0 Å². The Balaban J connectivity index is 0. The van der Waals surface area contributed by atoms with Gasteiger partial charge >= 0.3 is 29.8 Å². The molecule has 0 aliphatic carbocycles. The molecule has 0 heterocycles. The van der Waals surface area contributed by atoms with Gasteiger partial charge in [0.15, 0.2) is 0 Å². The van der Waals surface area contributed by atoms with E-state index in [1.807, 2.05) is 0 Å². The van der Waals surface area contributed by atoms with Crippen LogP contribution in [-0.2, 0) is 14.4 Å². The summed E-state index contributed by atoms with van der Waals surface area (Å²) < 4.78 is 0. The Morgan fingerprint density at radius 3 is 1.12 bits per heavy atom. The number of carboxylic acids is 5. The van der Waals surface area contributed by atoms with Gasteiger partial charge in [0.25, 0.3) is 0 Å². The van der Waals surface area contributed by atoms with Gasteiger partial charge in [0, 0.05) is 18.2 Å². The lowest BCUT2D eigenvalue weighted by Crippen LogP contribution is -2.06. The van der Waals surface area contributed by atoms with Gasteiger partial charge in [-0.3, -0.25) is 0 Å². The highest BCUT2D eigenvalue weighted by molar-refractivity contribution is 6.01. The second-order valence-electron chi connectivity index (χ2n) is 3.71. The molecule has 0 unspecified atom stereocenters. The molecule has 0 aliphatic heterocycles. The van der Waals surface area contributed by atoms with Gasteiger partial charge in [-0.1, -0.05) is 18.7 Å². The van der Waals surface area contributed by atoms with Gasteiger partial charge in [-0.05, 0) is 12.1 Å². The van der Waals surface area contributed by atoms with E-state index >= 15 is 0 Å². The van der Waals surface area contributed by atoms with E-state index in [1.165, 1.54) is 24.3 Å². The number of hydrogen-bond acceptors (Lipinski definition) is 5. The topological polar surface area (TPSA) is 186 Å². The number of rotatable bonds is 5. The third-order valence-corrected chi connectivity index (χ3v) is 1.93. The van der Waals surface area contributed by atoms with Gasteiger partial charge in [-0.15, -0.1) is 0 Å². The Morgan fingerprint density at radius 1 is 0.680 bits per heavy atom. The van der Waals surface area contributed by atoms with Crippen LogP contribution in [0.25, 0.3) is 0 Å². The zero-order chi connectivity index (χ0) is 20.0. The highest BCUT2D eigenvalue weighted by Gasteiger charge is 2.13. The highest BCUT2D eigenvalue weighted by Crippen LogP contribution is 2.07. The van der Waals surface area contributed by atoms with E-state index in [9.17, 15) is 24.0 Å². The Kier molecular flexibility index (Phi) is 11.7. The van der Waals surface area contributed by atoms with Crippen LogP contribution in [0.3, 0.4) is 0 Å². The molecule has 10 heteroatoms. The Morgan fingerprint density at radius 2 is 0.960 bits per heavy atom. The second-order valence-corrected chi connectivity index (χ2v) is 3.71. The maximum atomic E-state index is 10.5. The van der Waals surface area contributed by atoms with Crippen LogP contribution in [0, 0.1) is 0 Å². The van der Waals surface area contributed by atoms with E-state index in [0.717, 1.165) is 6.08 Å². The normalized spacial score (nSPS) is 8.80. The monoisotopic (exact) mass is 354 g/mol. The summed E-state index contributed by atoms with van der Waals surface area (Å²) in [5.41, 5.74) is -0.380. The minimum Gasteiger partial charge on any atom is -0.478 e. The molecule has 0 spiro atoms. The number of carboxylic acid groups (broad SMARTS) is 5. The second kappa shape index (κ2) is 12.6. The molecule has 0 bridgehead atoms. The number of benzene rings is 1. The SMILES string of the molecule is C=CC(=O)O.O=C(O)/C=C\C(=O)O.O=C(O)c1ccccc1C(=O)O. The third kappa shape index (κ3) is 13.4. The van der Waals surface area contributed by atoms with Crippen LogP contribution in [0.5, 0.6) is 0 Å². The number of carbonyl (C=O) groups is 5. The lowest BCUT2D eigenvalue weighted by atomic mass is 10.1. The van der Waals surface area contributed by atoms with Crippen LogP contribution >= 0.6 is 0 Å². The van der Waals surface area contributed by atoms with E-state index in [0.29, 0.717) is 12.2 Å². The third-order valence-electron chi connectivity index (χ3n) is 1.93. The predicted octanol–water partition coefficient (Wildman–Crippen LogP) is 1.05. The van der Waals surface area contributed by atoms with E-state index in [4.69, 9.17) is 25.5 Å². The standard InChI is InChI=1S/C8H6O4.C4H4O4.C3H4O2/c9-7(10)5-3-1-2-4-6(5)8(11)12;5-3(6)1-2-4(7)8;1-2-3(4)5/h1-4H,(H,9,10)(H,11,12);1-2H,(H,5,6)(H,7,8);2H,1H2,(H,4,5)/b;2-1-;. The number of aromatic carboxylic acids is 2. The molecule has 1 aromatic rings. The Hall–Kier alpha value is -3.95. The lowest BCUT2D eigenvalue weighted by Gasteiger charge is -1.98. The van der Waals surface area contributed by atoms with E-state index < -0.39 is 29.8 Å². The fourth-order valence-electron chi connectivity index (χ4n) is 0.999. The molecule has 0 atom stereocenters. The highest BCUT2D eigenvalue weighted by atomic mass is 16.4. The first kappa shape index (κ1) is 23.3. The average molecular weight is 354 g/mol. The molecule has 10 nitrogen and oxygen atoms in total. The first-order valence-corrected chi connectivity index (χ1v) is 6.07. The molecular formula is C15H14O10. The van der Waals surface area contributed by atoms with Crippen molar-refractivity contribution in [3.63, 3.8) is 0 Å².